The van der Waals surface area contributed by atoms with Crippen molar-refractivity contribution < 1.29 is 19.1 Å². The molecule has 1 atom stereocenters. The first-order chi connectivity index (χ1) is 14.5. The van der Waals surface area contributed by atoms with E-state index in [9.17, 15) is 14.4 Å². The Morgan fingerprint density at radius 3 is 2.60 bits per heavy atom. The normalized spacial score (nSPS) is 22.3. The lowest BCUT2D eigenvalue weighted by atomic mass is 10.1. The first kappa shape index (κ1) is 20.7. The van der Waals surface area contributed by atoms with Gasteiger partial charge in [-0.1, -0.05) is 6.07 Å². The van der Waals surface area contributed by atoms with Crippen molar-refractivity contribution in [2.24, 2.45) is 11.8 Å². The van der Waals surface area contributed by atoms with Gasteiger partial charge in [0.05, 0.1) is 0 Å². The number of rotatable bonds is 7. The summed E-state index contributed by atoms with van der Waals surface area (Å²) in [6.45, 7) is 5.39. The Balaban J connectivity index is 1.25. The second-order valence-corrected chi connectivity index (χ2v) is 8.66. The van der Waals surface area contributed by atoms with Crippen molar-refractivity contribution >= 4 is 17.7 Å². The van der Waals surface area contributed by atoms with Gasteiger partial charge in [-0.05, 0) is 38.0 Å². The number of nitrogens with one attached hydrogen (secondary N) is 1. The van der Waals surface area contributed by atoms with Gasteiger partial charge >= 0.3 is 0 Å². The highest BCUT2D eigenvalue weighted by Gasteiger charge is 2.35. The zero-order chi connectivity index (χ0) is 21.1. The molecule has 0 radical (unpaired) electrons. The van der Waals surface area contributed by atoms with Crippen LogP contribution < -0.4 is 10.1 Å². The molecular weight excluding hydrogens is 382 g/mol. The van der Waals surface area contributed by atoms with E-state index in [-0.39, 0.29) is 29.8 Å². The van der Waals surface area contributed by atoms with Crippen LogP contribution in [-0.2, 0) is 9.59 Å². The molecule has 2 aliphatic heterocycles. The zero-order valence-corrected chi connectivity index (χ0v) is 17.6. The van der Waals surface area contributed by atoms with Crippen molar-refractivity contribution in [3.05, 3.63) is 29.8 Å². The van der Waals surface area contributed by atoms with Crippen LogP contribution in [0.4, 0.5) is 0 Å². The highest BCUT2D eigenvalue weighted by Crippen LogP contribution is 2.32. The SMILES string of the molecule is CCN1C[C@@H](CNC(=O)c2cccc(OC3CCN(C(=O)C4CC4)CC3)c2)CC1=O. The number of carbonyl (C=O) groups excluding carboxylic acids is 3. The smallest absolute Gasteiger partial charge is 0.251 e. The van der Waals surface area contributed by atoms with Gasteiger partial charge in [-0.25, -0.2) is 0 Å². The predicted molar refractivity (Wildman–Crippen MR) is 112 cm³/mol. The number of benzene rings is 1. The van der Waals surface area contributed by atoms with Gasteiger partial charge < -0.3 is 19.9 Å². The third-order valence-corrected chi connectivity index (χ3v) is 6.31. The molecule has 0 bridgehead atoms. The molecule has 1 saturated carbocycles. The minimum atomic E-state index is -0.146. The molecule has 7 heteroatoms. The van der Waals surface area contributed by atoms with Crippen molar-refractivity contribution in [1.29, 1.82) is 0 Å². The number of nitrogens with zero attached hydrogens (tertiary/aromatic N) is 2. The van der Waals surface area contributed by atoms with Crippen LogP contribution in [0.1, 0.15) is 49.4 Å². The molecule has 2 saturated heterocycles. The standard InChI is InChI=1S/C23H31N3O4/c1-2-25-15-16(12-21(25)27)14-24-22(28)18-4-3-5-20(13-18)30-19-8-10-26(11-9-19)23(29)17-6-7-17/h3-5,13,16-17,19H,2,6-12,14-15H2,1H3,(H,24,28)/t16-/m1/s1. The highest BCUT2D eigenvalue weighted by molar-refractivity contribution is 5.94. The number of likely N-dealkylation sites (tertiary alicyclic amines) is 2. The zero-order valence-electron chi connectivity index (χ0n) is 17.6. The number of ether oxygens (including phenoxy) is 1. The molecular formula is C23H31N3O4. The summed E-state index contributed by atoms with van der Waals surface area (Å²) in [5.41, 5.74) is 0.561. The summed E-state index contributed by atoms with van der Waals surface area (Å²) in [7, 11) is 0. The van der Waals surface area contributed by atoms with Gasteiger partial charge in [-0.15, -0.1) is 0 Å². The summed E-state index contributed by atoms with van der Waals surface area (Å²) in [6.07, 6.45) is 4.28. The summed E-state index contributed by atoms with van der Waals surface area (Å²) in [5, 5.41) is 2.95. The van der Waals surface area contributed by atoms with Gasteiger partial charge in [0.15, 0.2) is 0 Å². The molecule has 1 aromatic rings. The lowest BCUT2D eigenvalue weighted by Crippen LogP contribution is -2.42. The van der Waals surface area contributed by atoms with Crippen LogP contribution in [0.25, 0.3) is 0 Å². The molecule has 7 nitrogen and oxygen atoms in total. The Hall–Kier alpha value is -2.57. The highest BCUT2D eigenvalue weighted by atomic mass is 16.5. The monoisotopic (exact) mass is 413 g/mol. The minimum absolute atomic E-state index is 0.0658. The predicted octanol–water partition coefficient (Wildman–Crippen LogP) is 2.06. The molecule has 4 rings (SSSR count). The summed E-state index contributed by atoms with van der Waals surface area (Å²) >= 11 is 0. The maximum atomic E-state index is 12.6. The van der Waals surface area contributed by atoms with Crippen LogP contribution in [0, 0.1) is 11.8 Å². The average Bonchev–Trinajstić information content (AvgIpc) is 3.55. The second-order valence-electron chi connectivity index (χ2n) is 8.66. The van der Waals surface area contributed by atoms with Gasteiger partial charge in [-0.3, -0.25) is 14.4 Å². The fourth-order valence-corrected chi connectivity index (χ4v) is 4.32. The van der Waals surface area contributed by atoms with E-state index < -0.39 is 0 Å². The van der Waals surface area contributed by atoms with Crippen LogP contribution in [0.15, 0.2) is 24.3 Å². The van der Waals surface area contributed by atoms with Gasteiger partial charge in [0.25, 0.3) is 5.91 Å². The molecule has 0 spiro atoms. The van der Waals surface area contributed by atoms with Crippen LogP contribution in [0.3, 0.4) is 0 Å². The third kappa shape index (κ3) is 4.94. The molecule has 0 unspecified atom stereocenters. The molecule has 1 N–H and O–H groups in total. The van der Waals surface area contributed by atoms with Crippen LogP contribution in [0.5, 0.6) is 5.75 Å². The van der Waals surface area contributed by atoms with Crippen molar-refractivity contribution in [3.63, 3.8) is 0 Å². The molecule has 162 valence electrons. The Bertz CT molecular complexity index is 799. The first-order valence-corrected chi connectivity index (χ1v) is 11.1. The van der Waals surface area contributed by atoms with E-state index in [1.54, 1.807) is 12.1 Å². The maximum Gasteiger partial charge on any atom is 0.251 e. The molecule has 3 aliphatic rings. The number of carbonyl (C=O) groups is 3. The quantitative estimate of drug-likeness (QED) is 0.742. The topological polar surface area (TPSA) is 79.0 Å². The number of hydrogen-bond acceptors (Lipinski definition) is 4. The van der Waals surface area contributed by atoms with E-state index in [1.807, 2.05) is 28.9 Å². The molecule has 1 aromatic carbocycles. The van der Waals surface area contributed by atoms with Gasteiger partial charge in [0.1, 0.15) is 11.9 Å². The lowest BCUT2D eigenvalue weighted by molar-refractivity contribution is -0.134. The molecule has 3 fully saturated rings. The van der Waals surface area contributed by atoms with Gasteiger partial charge in [0, 0.05) is 69.4 Å². The number of amides is 3. The molecule has 2 heterocycles. The van der Waals surface area contributed by atoms with E-state index in [0.29, 0.717) is 36.7 Å². The third-order valence-electron chi connectivity index (χ3n) is 6.31. The number of piperidine rings is 1. The Kier molecular flexibility index (Phi) is 6.25. The molecule has 3 amide bonds. The second kappa shape index (κ2) is 9.06. The molecule has 1 aliphatic carbocycles. The maximum absolute atomic E-state index is 12.6. The lowest BCUT2D eigenvalue weighted by Gasteiger charge is -2.32. The van der Waals surface area contributed by atoms with Gasteiger partial charge in [-0.2, -0.15) is 0 Å². The fourth-order valence-electron chi connectivity index (χ4n) is 4.32. The Labute approximate surface area is 177 Å². The van der Waals surface area contributed by atoms with E-state index in [4.69, 9.17) is 4.74 Å². The molecule has 30 heavy (non-hydrogen) atoms. The first-order valence-electron chi connectivity index (χ1n) is 11.1. The summed E-state index contributed by atoms with van der Waals surface area (Å²) in [4.78, 5) is 40.4. The average molecular weight is 414 g/mol. The molecule has 0 aromatic heterocycles. The van der Waals surface area contributed by atoms with Crippen LogP contribution in [0.2, 0.25) is 0 Å². The van der Waals surface area contributed by atoms with Crippen LogP contribution in [-0.4, -0.2) is 66.3 Å². The Morgan fingerprint density at radius 1 is 1.17 bits per heavy atom. The van der Waals surface area contributed by atoms with E-state index >= 15 is 0 Å². The number of hydrogen-bond donors (Lipinski definition) is 1. The van der Waals surface area contributed by atoms with E-state index in [0.717, 1.165) is 45.3 Å². The van der Waals surface area contributed by atoms with E-state index in [1.165, 1.54) is 0 Å². The summed E-state index contributed by atoms with van der Waals surface area (Å²) in [6, 6.07) is 7.24. The van der Waals surface area contributed by atoms with Crippen molar-refractivity contribution in [1.82, 2.24) is 15.1 Å². The van der Waals surface area contributed by atoms with E-state index in [2.05, 4.69) is 5.32 Å². The van der Waals surface area contributed by atoms with Crippen LogP contribution >= 0.6 is 0 Å². The van der Waals surface area contributed by atoms with Crippen molar-refractivity contribution in [3.8, 4) is 5.75 Å². The minimum Gasteiger partial charge on any atom is -0.490 e. The fraction of sp³-hybridized carbons (Fsp3) is 0.609. The Morgan fingerprint density at radius 2 is 1.93 bits per heavy atom. The largest absolute Gasteiger partial charge is 0.490 e. The van der Waals surface area contributed by atoms with Crippen molar-refractivity contribution in [2.45, 2.75) is 45.1 Å². The summed E-state index contributed by atoms with van der Waals surface area (Å²) < 4.78 is 6.10. The van der Waals surface area contributed by atoms with Crippen molar-refractivity contribution in [2.75, 3.05) is 32.7 Å². The summed E-state index contributed by atoms with van der Waals surface area (Å²) in [5.74, 6) is 1.44. The van der Waals surface area contributed by atoms with Gasteiger partial charge in [0.2, 0.25) is 11.8 Å².